The molecule has 0 fully saturated rings. The van der Waals surface area contributed by atoms with Crippen LogP contribution in [0.25, 0.3) is 10.6 Å². The fourth-order valence-corrected chi connectivity index (χ4v) is 5.21. The van der Waals surface area contributed by atoms with Crippen LogP contribution in [0.2, 0.25) is 0 Å². The average molecular weight is 471 g/mol. The molecule has 4 aromatic rings. The lowest BCUT2D eigenvalue weighted by molar-refractivity contribution is -0.126. The number of nitrogens with zero attached hydrogens (tertiary/aromatic N) is 3. The second-order valence-electron chi connectivity index (χ2n) is 8.92. The number of carbonyl (C=O) groups excluding carboxylic acids is 2. The molecule has 2 amide bonds. The summed E-state index contributed by atoms with van der Waals surface area (Å²) >= 11 is 1.57. The number of aromatic nitrogens is 2. The van der Waals surface area contributed by atoms with Gasteiger partial charge in [0.2, 0.25) is 5.91 Å². The van der Waals surface area contributed by atoms with E-state index in [1.807, 2.05) is 92.9 Å². The van der Waals surface area contributed by atoms with E-state index in [9.17, 15) is 9.59 Å². The summed E-state index contributed by atoms with van der Waals surface area (Å²) in [6.45, 7) is 6.45. The maximum Gasteiger partial charge on any atom is 0.277 e. The predicted molar refractivity (Wildman–Crippen MR) is 135 cm³/mol. The molecule has 0 unspecified atom stereocenters. The maximum atomic E-state index is 13.9. The van der Waals surface area contributed by atoms with Crippen LogP contribution in [0.15, 0.2) is 72.1 Å². The number of rotatable bonds is 5. The van der Waals surface area contributed by atoms with Crippen LogP contribution in [-0.2, 0) is 17.9 Å². The van der Waals surface area contributed by atoms with Gasteiger partial charge in [-0.3, -0.25) is 19.2 Å². The van der Waals surface area contributed by atoms with E-state index in [4.69, 9.17) is 5.10 Å². The Hall–Kier alpha value is -3.71. The van der Waals surface area contributed by atoms with Gasteiger partial charge in [-0.25, -0.2) is 0 Å². The number of anilines is 1. The predicted octanol–water partition coefficient (Wildman–Crippen LogP) is 4.96. The number of nitrogens with one attached hydrogen (secondary N) is 1. The normalized spacial score (nSPS) is 17.5. The van der Waals surface area contributed by atoms with E-state index >= 15 is 0 Å². The Morgan fingerprint density at radius 1 is 1.09 bits per heavy atom. The number of benzene rings is 2. The molecule has 1 aliphatic rings. The standard InChI is InChI=1S/C27H26N4O2S/c1-18-11-12-22(19(2)14-18)31-25(32)23-15-21(24-10-7-13-34-24)29-30(23)17-27(31,3)26(33)28-16-20-8-5-4-6-9-20/h4-15H,16-17H2,1-3H3,(H,28,33)/t27-/m1/s1. The van der Waals surface area contributed by atoms with Gasteiger partial charge in [0.15, 0.2) is 0 Å². The first kappa shape index (κ1) is 22.1. The summed E-state index contributed by atoms with van der Waals surface area (Å²) in [5.74, 6) is -0.450. The molecule has 34 heavy (non-hydrogen) atoms. The van der Waals surface area contributed by atoms with Crippen LogP contribution in [0.5, 0.6) is 0 Å². The van der Waals surface area contributed by atoms with Crippen molar-refractivity contribution in [1.29, 1.82) is 0 Å². The van der Waals surface area contributed by atoms with Crippen LogP contribution < -0.4 is 10.2 Å². The van der Waals surface area contributed by atoms with E-state index in [2.05, 4.69) is 5.32 Å². The summed E-state index contributed by atoms with van der Waals surface area (Å²) in [5.41, 5.74) is 3.85. The van der Waals surface area contributed by atoms with Gasteiger partial charge in [0, 0.05) is 12.2 Å². The maximum absolute atomic E-state index is 13.9. The minimum absolute atomic E-state index is 0.219. The van der Waals surface area contributed by atoms with Gasteiger partial charge in [-0.2, -0.15) is 5.10 Å². The van der Waals surface area contributed by atoms with Gasteiger partial charge in [0.05, 0.1) is 11.4 Å². The highest BCUT2D eigenvalue weighted by Crippen LogP contribution is 2.36. The lowest BCUT2D eigenvalue weighted by Gasteiger charge is -2.43. The highest BCUT2D eigenvalue weighted by Gasteiger charge is 2.49. The Balaban J connectivity index is 1.57. The van der Waals surface area contributed by atoms with Gasteiger partial charge < -0.3 is 5.32 Å². The van der Waals surface area contributed by atoms with Crippen molar-refractivity contribution in [2.45, 2.75) is 39.4 Å². The topological polar surface area (TPSA) is 67.2 Å². The summed E-state index contributed by atoms with van der Waals surface area (Å²) in [7, 11) is 0. The smallest absolute Gasteiger partial charge is 0.277 e. The minimum atomic E-state index is -1.16. The molecule has 1 atom stereocenters. The quantitative estimate of drug-likeness (QED) is 0.448. The van der Waals surface area contributed by atoms with Crippen molar-refractivity contribution in [2.75, 3.05) is 4.90 Å². The third-order valence-electron chi connectivity index (χ3n) is 6.31. The number of thiophene rings is 1. The van der Waals surface area contributed by atoms with E-state index in [1.54, 1.807) is 20.9 Å². The van der Waals surface area contributed by atoms with E-state index in [0.717, 1.165) is 32.9 Å². The molecule has 5 rings (SSSR count). The fraction of sp³-hybridized carbons (Fsp3) is 0.222. The molecule has 0 saturated carbocycles. The van der Waals surface area contributed by atoms with Crippen molar-refractivity contribution in [1.82, 2.24) is 15.1 Å². The van der Waals surface area contributed by atoms with E-state index < -0.39 is 5.54 Å². The van der Waals surface area contributed by atoms with E-state index in [-0.39, 0.29) is 18.4 Å². The van der Waals surface area contributed by atoms with Crippen molar-refractivity contribution in [3.8, 4) is 10.6 Å². The number of fused-ring (bicyclic) bond motifs is 1. The Kier molecular flexibility index (Phi) is 5.57. The second-order valence-corrected chi connectivity index (χ2v) is 9.87. The molecule has 0 saturated heterocycles. The molecular weight excluding hydrogens is 444 g/mol. The molecule has 1 N–H and O–H groups in total. The van der Waals surface area contributed by atoms with Crippen LogP contribution in [0.1, 0.15) is 34.1 Å². The minimum Gasteiger partial charge on any atom is -0.350 e. The molecule has 0 radical (unpaired) electrons. The first-order valence-corrected chi connectivity index (χ1v) is 12.1. The van der Waals surface area contributed by atoms with Crippen LogP contribution in [-0.4, -0.2) is 27.1 Å². The number of hydrogen-bond donors (Lipinski definition) is 1. The third-order valence-corrected chi connectivity index (χ3v) is 7.20. The monoisotopic (exact) mass is 470 g/mol. The molecular formula is C27H26N4O2S. The average Bonchev–Trinajstić information content (AvgIpc) is 3.49. The Bertz CT molecular complexity index is 1360. The van der Waals surface area contributed by atoms with Gasteiger partial charge in [0.25, 0.3) is 5.91 Å². The molecule has 0 bridgehead atoms. The molecule has 0 aliphatic carbocycles. The molecule has 3 heterocycles. The van der Waals surface area contributed by atoms with Gasteiger partial charge in [-0.05, 0) is 55.5 Å². The largest absolute Gasteiger partial charge is 0.350 e. The summed E-state index contributed by atoms with van der Waals surface area (Å²) in [5, 5.41) is 9.74. The Labute approximate surface area is 202 Å². The first-order valence-electron chi connectivity index (χ1n) is 11.2. The molecule has 0 spiro atoms. The summed E-state index contributed by atoms with van der Waals surface area (Å²) < 4.78 is 1.68. The van der Waals surface area contributed by atoms with Crippen LogP contribution in [0, 0.1) is 13.8 Å². The zero-order valence-electron chi connectivity index (χ0n) is 19.4. The summed E-state index contributed by atoms with van der Waals surface area (Å²) in [6, 6.07) is 21.5. The van der Waals surface area contributed by atoms with Crippen molar-refractivity contribution in [3.63, 3.8) is 0 Å². The van der Waals surface area contributed by atoms with Crippen molar-refractivity contribution in [2.24, 2.45) is 0 Å². The highest BCUT2D eigenvalue weighted by molar-refractivity contribution is 7.13. The van der Waals surface area contributed by atoms with Gasteiger partial charge in [-0.1, -0.05) is 54.1 Å². The summed E-state index contributed by atoms with van der Waals surface area (Å²) in [6.07, 6.45) is 0. The van der Waals surface area contributed by atoms with Gasteiger partial charge in [0.1, 0.15) is 16.9 Å². The molecule has 172 valence electrons. The third kappa shape index (κ3) is 3.82. The lowest BCUT2D eigenvalue weighted by Crippen LogP contribution is -2.64. The molecule has 6 nitrogen and oxygen atoms in total. The zero-order valence-corrected chi connectivity index (χ0v) is 20.2. The van der Waals surface area contributed by atoms with Crippen molar-refractivity contribution >= 4 is 28.8 Å². The van der Waals surface area contributed by atoms with Gasteiger partial charge in [-0.15, -0.1) is 11.3 Å². The zero-order chi connectivity index (χ0) is 23.9. The van der Waals surface area contributed by atoms with Crippen LogP contribution >= 0.6 is 11.3 Å². The van der Waals surface area contributed by atoms with E-state index in [0.29, 0.717) is 12.2 Å². The summed E-state index contributed by atoms with van der Waals surface area (Å²) in [4.78, 5) is 30.3. The second kappa shape index (κ2) is 8.57. The molecule has 2 aromatic heterocycles. The number of aryl methyl sites for hydroxylation is 2. The first-order chi connectivity index (χ1) is 16.4. The number of amides is 2. The Morgan fingerprint density at radius 3 is 2.59 bits per heavy atom. The Morgan fingerprint density at radius 2 is 1.88 bits per heavy atom. The van der Waals surface area contributed by atoms with Gasteiger partial charge >= 0.3 is 0 Å². The lowest BCUT2D eigenvalue weighted by atomic mass is 9.92. The van der Waals surface area contributed by atoms with Crippen molar-refractivity contribution in [3.05, 3.63) is 94.5 Å². The van der Waals surface area contributed by atoms with Crippen LogP contribution in [0.4, 0.5) is 5.69 Å². The number of hydrogen-bond acceptors (Lipinski definition) is 4. The van der Waals surface area contributed by atoms with E-state index in [1.165, 1.54) is 0 Å². The number of carbonyl (C=O) groups is 2. The molecule has 7 heteroatoms. The SMILES string of the molecule is Cc1ccc(N2C(=O)c3cc(-c4cccs4)nn3C[C@]2(C)C(=O)NCc2ccccc2)c(C)c1. The molecule has 1 aliphatic heterocycles. The molecule has 2 aromatic carbocycles. The van der Waals surface area contributed by atoms with Crippen LogP contribution in [0.3, 0.4) is 0 Å². The van der Waals surface area contributed by atoms with Crippen molar-refractivity contribution < 1.29 is 9.59 Å². The highest BCUT2D eigenvalue weighted by atomic mass is 32.1. The fourth-order valence-electron chi connectivity index (χ4n) is 4.53.